The van der Waals surface area contributed by atoms with E-state index < -0.39 is 4.92 Å². The van der Waals surface area contributed by atoms with Crippen molar-refractivity contribution in [1.82, 2.24) is 9.78 Å². The molecule has 0 saturated heterocycles. The number of H-pyrrole nitrogens is 1. The van der Waals surface area contributed by atoms with Gasteiger partial charge in [0.15, 0.2) is 0 Å². The van der Waals surface area contributed by atoms with Crippen LogP contribution in [0.15, 0.2) is 40.1 Å². The Labute approximate surface area is 166 Å². The zero-order chi connectivity index (χ0) is 20.6. The summed E-state index contributed by atoms with van der Waals surface area (Å²) in [5.74, 6) is 0. The third-order valence-corrected chi connectivity index (χ3v) is 4.98. The Bertz CT molecular complexity index is 1170. The first-order chi connectivity index (χ1) is 13.2. The lowest BCUT2D eigenvalue weighted by molar-refractivity contribution is -0.385. The molecule has 2 aromatic carbocycles. The molecule has 1 aromatic heterocycles. The lowest BCUT2D eigenvalue weighted by Gasteiger charge is -2.04. The highest BCUT2D eigenvalue weighted by atomic mass is 35.5. The van der Waals surface area contributed by atoms with Gasteiger partial charge in [-0.1, -0.05) is 17.7 Å². The molecule has 1 N–H and O–H groups in total. The Morgan fingerprint density at radius 2 is 1.82 bits per heavy atom. The van der Waals surface area contributed by atoms with Crippen LogP contribution in [0.3, 0.4) is 0 Å². The first-order valence-corrected chi connectivity index (χ1v) is 8.94. The Kier molecular flexibility index (Phi) is 5.20. The summed E-state index contributed by atoms with van der Waals surface area (Å²) in [4.78, 5) is 27.8. The van der Waals surface area contributed by atoms with Crippen molar-refractivity contribution in [3.63, 3.8) is 0 Å². The minimum Gasteiger partial charge on any atom is -0.295 e. The van der Waals surface area contributed by atoms with Gasteiger partial charge in [-0.3, -0.25) is 25.0 Å². The van der Waals surface area contributed by atoms with Crippen LogP contribution in [0.2, 0.25) is 5.02 Å². The normalized spacial score (nSPS) is 11.3. The van der Waals surface area contributed by atoms with Crippen molar-refractivity contribution in [3.8, 4) is 5.69 Å². The van der Waals surface area contributed by atoms with Crippen molar-refractivity contribution in [2.24, 2.45) is 4.99 Å². The minimum atomic E-state index is -0.419. The van der Waals surface area contributed by atoms with Crippen LogP contribution in [-0.2, 0) is 0 Å². The summed E-state index contributed by atoms with van der Waals surface area (Å²) in [6, 6.07) is 8.50. The number of nitrogens with one attached hydrogen (secondary N) is 1. The molecule has 0 saturated carbocycles. The zero-order valence-corrected chi connectivity index (χ0v) is 16.7. The summed E-state index contributed by atoms with van der Waals surface area (Å²) in [7, 11) is 0. The molecule has 0 radical (unpaired) electrons. The van der Waals surface area contributed by atoms with Gasteiger partial charge in [0.25, 0.3) is 11.2 Å². The van der Waals surface area contributed by atoms with Crippen molar-refractivity contribution in [3.05, 3.63) is 83.8 Å². The molecule has 0 amide bonds. The number of aliphatic imine (C=N–C) groups is 1. The predicted molar refractivity (Wildman–Crippen MR) is 111 cm³/mol. The second-order valence-electron chi connectivity index (χ2n) is 6.67. The van der Waals surface area contributed by atoms with E-state index in [1.807, 2.05) is 19.1 Å². The van der Waals surface area contributed by atoms with Gasteiger partial charge in [-0.25, -0.2) is 4.68 Å². The van der Waals surface area contributed by atoms with E-state index in [0.717, 1.165) is 5.56 Å². The maximum Gasteiger partial charge on any atom is 0.280 e. The molecule has 3 rings (SSSR count). The van der Waals surface area contributed by atoms with Crippen LogP contribution in [0.4, 0.5) is 11.4 Å². The molecule has 0 fully saturated rings. The average molecular weight is 399 g/mol. The largest absolute Gasteiger partial charge is 0.295 e. The highest BCUT2D eigenvalue weighted by Crippen LogP contribution is 2.28. The second-order valence-corrected chi connectivity index (χ2v) is 7.07. The Morgan fingerprint density at radius 3 is 2.46 bits per heavy atom. The molecular formula is C20H19ClN4O3. The molecule has 0 bridgehead atoms. The first-order valence-electron chi connectivity index (χ1n) is 8.57. The number of hydrogen-bond donors (Lipinski definition) is 1. The first kappa shape index (κ1) is 19.6. The monoisotopic (exact) mass is 398 g/mol. The number of nitrogens with zero attached hydrogens (tertiary/aromatic N) is 3. The fraction of sp³-hybridized carbons (Fsp3) is 0.200. The zero-order valence-electron chi connectivity index (χ0n) is 15.9. The van der Waals surface area contributed by atoms with Gasteiger partial charge < -0.3 is 0 Å². The second kappa shape index (κ2) is 7.44. The molecule has 0 unspecified atom stereocenters. The lowest BCUT2D eigenvalue weighted by atomic mass is 10.1. The highest BCUT2D eigenvalue weighted by molar-refractivity contribution is 6.31. The van der Waals surface area contributed by atoms with Crippen molar-refractivity contribution in [2.75, 3.05) is 0 Å². The summed E-state index contributed by atoms with van der Waals surface area (Å²) in [5.41, 5.74) is 4.16. The van der Waals surface area contributed by atoms with Gasteiger partial charge in [-0.2, -0.15) is 0 Å². The van der Waals surface area contributed by atoms with E-state index in [1.54, 1.807) is 32.9 Å². The maximum atomic E-state index is 12.8. The van der Waals surface area contributed by atoms with E-state index in [4.69, 9.17) is 11.6 Å². The smallest absolute Gasteiger partial charge is 0.280 e. The summed E-state index contributed by atoms with van der Waals surface area (Å²) in [6.45, 7) is 7.08. The van der Waals surface area contributed by atoms with Crippen molar-refractivity contribution in [1.29, 1.82) is 0 Å². The Morgan fingerprint density at radius 1 is 1.11 bits per heavy atom. The quantitative estimate of drug-likeness (QED) is 0.391. The summed E-state index contributed by atoms with van der Waals surface area (Å²) < 4.78 is 1.41. The molecule has 0 aliphatic heterocycles. The van der Waals surface area contributed by atoms with Gasteiger partial charge in [0, 0.05) is 28.6 Å². The molecular weight excluding hydrogens is 380 g/mol. The molecule has 0 spiro atoms. The van der Waals surface area contributed by atoms with Gasteiger partial charge in [0.1, 0.15) is 0 Å². The van der Waals surface area contributed by atoms with Gasteiger partial charge in [-0.15, -0.1) is 0 Å². The highest BCUT2D eigenvalue weighted by Gasteiger charge is 2.14. The third kappa shape index (κ3) is 3.61. The van der Waals surface area contributed by atoms with Crippen LogP contribution in [0.1, 0.15) is 27.9 Å². The fourth-order valence-corrected chi connectivity index (χ4v) is 3.04. The minimum absolute atomic E-state index is 0.0490. The lowest BCUT2D eigenvalue weighted by Crippen LogP contribution is -2.17. The summed E-state index contributed by atoms with van der Waals surface area (Å²) in [6.07, 6.45) is 1.48. The molecule has 0 aliphatic rings. The molecule has 0 atom stereocenters. The summed E-state index contributed by atoms with van der Waals surface area (Å²) in [5, 5.41) is 14.6. The SMILES string of the molecule is Cc1ccc(-n2[nH]c(C)c(C=Nc3cc(C)c([N+](=O)[O-])cc3C)c2=O)cc1Cl. The number of benzene rings is 2. The molecule has 7 nitrogen and oxygen atoms in total. The Balaban J connectivity index is 2.01. The molecule has 144 valence electrons. The molecule has 1 heterocycles. The molecule has 28 heavy (non-hydrogen) atoms. The van der Waals surface area contributed by atoms with Crippen LogP contribution in [0.25, 0.3) is 5.69 Å². The van der Waals surface area contributed by atoms with Gasteiger partial charge in [0.05, 0.1) is 21.9 Å². The topological polar surface area (TPSA) is 93.3 Å². The summed E-state index contributed by atoms with van der Waals surface area (Å²) >= 11 is 6.17. The van der Waals surface area contributed by atoms with E-state index in [9.17, 15) is 14.9 Å². The van der Waals surface area contributed by atoms with Gasteiger partial charge in [0.2, 0.25) is 0 Å². The number of nitro benzene ring substituents is 1. The van der Waals surface area contributed by atoms with Crippen LogP contribution in [0, 0.1) is 37.8 Å². The van der Waals surface area contributed by atoms with E-state index in [0.29, 0.717) is 38.8 Å². The van der Waals surface area contributed by atoms with Gasteiger partial charge in [-0.05, 0) is 57.0 Å². The van der Waals surface area contributed by atoms with Crippen molar-refractivity contribution < 1.29 is 4.92 Å². The number of hydrogen-bond acceptors (Lipinski definition) is 4. The molecule has 8 heteroatoms. The van der Waals surface area contributed by atoms with Crippen LogP contribution < -0.4 is 5.56 Å². The van der Waals surface area contributed by atoms with Crippen molar-refractivity contribution >= 4 is 29.2 Å². The van der Waals surface area contributed by atoms with Crippen molar-refractivity contribution in [2.45, 2.75) is 27.7 Å². The third-order valence-electron chi connectivity index (χ3n) is 4.57. The maximum absolute atomic E-state index is 12.8. The molecule has 3 aromatic rings. The number of halogens is 1. The van der Waals surface area contributed by atoms with Gasteiger partial charge >= 0.3 is 0 Å². The van der Waals surface area contributed by atoms with Crippen LogP contribution in [-0.4, -0.2) is 20.9 Å². The van der Waals surface area contributed by atoms with Crippen LogP contribution >= 0.6 is 11.6 Å². The van der Waals surface area contributed by atoms with E-state index in [-0.39, 0.29) is 11.2 Å². The van der Waals surface area contributed by atoms with Crippen LogP contribution in [0.5, 0.6) is 0 Å². The number of aromatic amines is 1. The number of aromatic nitrogens is 2. The standard InChI is InChI=1S/C20H19ClN4O3/c1-11-5-6-15(9-17(11)21)24-20(26)16(14(4)23-24)10-22-18-7-13(3)19(25(27)28)8-12(18)2/h5-10,23H,1-4H3. The average Bonchev–Trinajstić information content (AvgIpc) is 2.91. The Hall–Kier alpha value is -3.19. The van der Waals surface area contributed by atoms with E-state index in [2.05, 4.69) is 10.1 Å². The van der Waals surface area contributed by atoms with E-state index >= 15 is 0 Å². The van der Waals surface area contributed by atoms with E-state index in [1.165, 1.54) is 17.0 Å². The number of nitro groups is 1. The number of aryl methyl sites for hydroxylation is 4. The predicted octanol–water partition coefficient (Wildman–Crippen LogP) is 4.71. The fourth-order valence-electron chi connectivity index (χ4n) is 2.87. The number of rotatable bonds is 4. The molecule has 0 aliphatic carbocycles.